The molecule has 0 aromatic heterocycles. The van der Waals surface area contributed by atoms with Crippen molar-refractivity contribution in [3.05, 3.63) is 99.0 Å². The quantitative estimate of drug-likeness (QED) is 0.364. The van der Waals surface area contributed by atoms with E-state index in [9.17, 15) is 10.1 Å². The van der Waals surface area contributed by atoms with Crippen LogP contribution in [0.3, 0.4) is 0 Å². The van der Waals surface area contributed by atoms with Crippen molar-refractivity contribution in [2.24, 2.45) is 0 Å². The molecular formula is C29H26ClN3O3S. The summed E-state index contributed by atoms with van der Waals surface area (Å²) in [5, 5.41) is 11.6. The minimum atomic E-state index is -0.340. The van der Waals surface area contributed by atoms with Crippen molar-refractivity contribution >= 4 is 35.0 Å². The van der Waals surface area contributed by atoms with Crippen LogP contribution in [0.25, 0.3) is 0 Å². The Morgan fingerprint density at radius 2 is 1.92 bits per heavy atom. The summed E-state index contributed by atoms with van der Waals surface area (Å²) in [5.41, 5.74) is 4.48. The number of benzene rings is 3. The number of fused-ring (bicyclic) bond motifs is 1. The van der Waals surface area contributed by atoms with Crippen LogP contribution in [-0.2, 0) is 11.4 Å². The monoisotopic (exact) mass is 531 g/mol. The zero-order valence-electron chi connectivity index (χ0n) is 20.6. The van der Waals surface area contributed by atoms with E-state index in [4.69, 9.17) is 21.1 Å². The third-order valence-electron chi connectivity index (χ3n) is 6.70. The molecule has 2 aliphatic heterocycles. The molecule has 1 fully saturated rings. The van der Waals surface area contributed by atoms with Crippen LogP contribution in [0.15, 0.2) is 77.3 Å². The summed E-state index contributed by atoms with van der Waals surface area (Å²) in [4.78, 5) is 17.2. The summed E-state index contributed by atoms with van der Waals surface area (Å²) in [5.74, 6) is 1.45. The lowest BCUT2D eigenvalue weighted by molar-refractivity contribution is -0.129. The molecule has 0 unspecified atom stereocenters. The van der Waals surface area contributed by atoms with Gasteiger partial charge in [-0.05, 0) is 47.9 Å². The third kappa shape index (κ3) is 5.00. The Kier molecular flexibility index (Phi) is 7.31. The minimum absolute atomic E-state index is 0.0146. The van der Waals surface area contributed by atoms with Gasteiger partial charge in [-0.3, -0.25) is 9.69 Å². The molecule has 6 nitrogen and oxygen atoms in total. The SMILES string of the molecule is COc1cc([C@@H]2CC(=O)N3CN(c4cccc(Cl)c4C)CSC3=C2C#N)ccc1OCc1ccccc1. The second kappa shape index (κ2) is 10.8. The van der Waals surface area contributed by atoms with Gasteiger partial charge < -0.3 is 14.4 Å². The maximum absolute atomic E-state index is 13.3. The molecule has 0 bridgehead atoms. The topological polar surface area (TPSA) is 65.8 Å². The van der Waals surface area contributed by atoms with Gasteiger partial charge in [0.2, 0.25) is 5.91 Å². The zero-order valence-corrected chi connectivity index (χ0v) is 22.2. The highest BCUT2D eigenvalue weighted by atomic mass is 35.5. The van der Waals surface area contributed by atoms with Crippen molar-refractivity contribution < 1.29 is 14.3 Å². The van der Waals surface area contributed by atoms with Gasteiger partial charge in [-0.1, -0.05) is 65.8 Å². The predicted octanol–water partition coefficient (Wildman–Crippen LogP) is 6.46. The molecule has 1 amide bonds. The highest BCUT2D eigenvalue weighted by molar-refractivity contribution is 8.03. The standard InChI is InChI=1S/C29H26ClN3O3S/c1-19-24(30)9-6-10-25(19)32-17-33-28(34)14-22(23(15-31)29(33)37-18-32)21-11-12-26(27(13-21)35-2)36-16-20-7-4-3-5-8-20/h3-13,22H,14,16-18H2,1-2H3/t22-/m0/s1. The molecule has 0 saturated carbocycles. The molecule has 0 spiro atoms. The molecule has 0 aliphatic carbocycles. The normalized spacial score (nSPS) is 17.4. The van der Waals surface area contributed by atoms with Gasteiger partial charge in [0.1, 0.15) is 6.61 Å². The second-order valence-electron chi connectivity index (χ2n) is 8.93. The van der Waals surface area contributed by atoms with E-state index in [2.05, 4.69) is 11.0 Å². The summed E-state index contributed by atoms with van der Waals surface area (Å²) >= 11 is 7.84. The number of carbonyl (C=O) groups excluding carboxylic acids is 1. The number of thioether (sulfide) groups is 1. The van der Waals surface area contributed by atoms with E-state index < -0.39 is 0 Å². The van der Waals surface area contributed by atoms with Gasteiger partial charge in [0.05, 0.1) is 36.3 Å². The Morgan fingerprint density at radius 1 is 1.11 bits per heavy atom. The number of nitrogens with zero attached hydrogens (tertiary/aromatic N) is 3. The molecule has 37 heavy (non-hydrogen) atoms. The van der Waals surface area contributed by atoms with E-state index in [1.54, 1.807) is 12.0 Å². The van der Waals surface area contributed by atoms with Gasteiger partial charge in [0, 0.05) is 23.0 Å². The van der Waals surface area contributed by atoms with Crippen molar-refractivity contribution in [3.63, 3.8) is 0 Å². The number of hydrogen-bond acceptors (Lipinski definition) is 6. The number of methoxy groups -OCH3 is 1. The maximum atomic E-state index is 13.3. The molecular weight excluding hydrogens is 506 g/mol. The highest BCUT2D eigenvalue weighted by Gasteiger charge is 2.39. The fourth-order valence-electron chi connectivity index (χ4n) is 4.69. The first kappa shape index (κ1) is 25.1. The molecule has 2 heterocycles. The molecule has 3 aromatic carbocycles. The zero-order chi connectivity index (χ0) is 25.9. The molecule has 3 aromatic rings. The second-order valence-corrected chi connectivity index (χ2v) is 10.3. The molecule has 8 heteroatoms. The summed E-state index contributed by atoms with van der Waals surface area (Å²) in [6.45, 7) is 2.78. The summed E-state index contributed by atoms with van der Waals surface area (Å²) in [6.07, 6.45) is 0.211. The Morgan fingerprint density at radius 3 is 2.68 bits per heavy atom. The number of amides is 1. The molecule has 1 atom stereocenters. The number of hydrogen-bond donors (Lipinski definition) is 0. The van der Waals surface area contributed by atoms with Crippen LogP contribution in [-0.4, -0.2) is 30.5 Å². The van der Waals surface area contributed by atoms with E-state index in [1.807, 2.05) is 73.7 Å². The van der Waals surface area contributed by atoms with Crippen molar-refractivity contribution in [2.45, 2.75) is 25.9 Å². The lowest BCUT2D eigenvalue weighted by Gasteiger charge is -2.42. The van der Waals surface area contributed by atoms with Gasteiger partial charge in [0.25, 0.3) is 0 Å². The summed E-state index contributed by atoms with van der Waals surface area (Å²) < 4.78 is 11.6. The van der Waals surface area contributed by atoms with E-state index in [-0.39, 0.29) is 18.2 Å². The van der Waals surface area contributed by atoms with Gasteiger partial charge in [-0.25, -0.2) is 0 Å². The fraction of sp³-hybridized carbons (Fsp3) is 0.241. The van der Waals surface area contributed by atoms with Crippen LogP contribution in [0.4, 0.5) is 5.69 Å². The highest BCUT2D eigenvalue weighted by Crippen LogP contribution is 2.45. The van der Waals surface area contributed by atoms with Crippen LogP contribution in [0.2, 0.25) is 5.02 Å². The Balaban J connectivity index is 1.40. The maximum Gasteiger partial charge on any atom is 0.229 e. The number of rotatable bonds is 6. The first-order valence-corrected chi connectivity index (χ1v) is 13.3. The number of nitriles is 1. The smallest absolute Gasteiger partial charge is 0.229 e. The first-order valence-electron chi connectivity index (χ1n) is 11.9. The molecule has 1 saturated heterocycles. The summed E-state index contributed by atoms with van der Waals surface area (Å²) in [7, 11) is 1.59. The van der Waals surface area contributed by atoms with Crippen molar-refractivity contribution in [1.82, 2.24) is 4.90 Å². The van der Waals surface area contributed by atoms with Crippen LogP contribution >= 0.6 is 23.4 Å². The average Bonchev–Trinajstić information content (AvgIpc) is 2.93. The Bertz CT molecular complexity index is 1400. The lowest BCUT2D eigenvalue weighted by Crippen LogP contribution is -2.47. The number of anilines is 1. The fourth-order valence-corrected chi connectivity index (χ4v) is 6.02. The van der Waals surface area contributed by atoms with Crippen molar-refractivity contribution in [1.29, 1.82) is 5.26 Å². The van der Waals surface area contributed by atoms with Crippen LogP contribution in [0.5, 0.6) is 11.5 Å². The number of allylic oxidation sites excluding steroid dienone is 1. The third-order valence-corrected chi connectivity index (χ3v) is 8.26. The number of ether oxygens (including phenoxy) is 2. The molecule has 188 valence electrons. The Labute approximate surface area is 226 Å². The van der Waals surface area contributed by atoms with Crippen LogP contribution < -0.4 is 14.4 Å². The molecule has 5 rings (SSSR count). The minimum Gasteiger partial charge on any atom is -0.493 e. The molecule has 0 N–H and O–H groups in total. The van der Waals surface area contributed by atoms with Crippen LogP contribution in [0.1, 0.15) is 29.0 Å². The molecule has 0 radical (unpaired) electrons. The van der Waals surface area contributed by atoms with Crippen LogP contribution in [0, 0.1) is 18.3 Å². The summed E-state index contributed by atoms with van der Waals surface area (Å²) in [6, 6.07) is 23.7. The van der Waals surface area contributed by atoms with Gasteiger partial charge in [-0.15, -0.1) is 0 Å². The van der Waals surface area contributed by atoms with E-state index in [0.717, 1.165) is 27.4 Å². The average molecular weight is 532 g/mol. The van der Waals surface area contributed by atoms with E-state index in [1.165, 1.54) is 11.8 Å². The predicted molar refractivity (Wildman–Crippen MR) is 147 cm³/mol. The molecule has 2 aliphatic rings. The number of halogens is 1. The van der Waals surface area contributed by atoms with Crippen molar-refractivity contribution in [2.75, 3.05) is 24.6 Å². The Hall–Kier alpha value is -3.60. The van der Waals surface area contributed by atoms with E-state index in [0.29, 0.717) is 41.2 Å². The first-order chi connectivity index (χ1) is 18.0. The van der Waals surface area contributed by atoms with Gasteiger partial charge >= 0.3 is 0 Å². The lowest BCUT2D eigenvalue weighted by atomic mass is 9.86. The van der Waals surface area contributed by atoms with Crippen molar-refractivity contribution in [3.8, 4) is 17.6 Å². The van der Waals surface area contributed by atoms with E-state index >= 15 is 0 Å². The number of carbonyl (C=O) groups is 1. The largest absolute Gasteiger partial charge is 0.493 e. The van der Waals surface area contributed by atoms with Gasteiger partial charge in [0.15, 0.2) is 11.5 Å². The van der Waals surface area contributed by atoms with Gasteiger partial charge in [-0.2, -0.15) is 5.26 Å².